The van der Waals surface area contributed by atoms with E-state index < -0.39 is 15.7 Å². The lowest BCUT2D eigenvalue weighted by Gasteiger charge is -2.07. The van der Waals surface area contributed by atoms with E-state index in [-0.39, 0.29) is 10.7 Å². The zero-order valence-electron chi connectivity index (χ0n) is 13.8. The standard InChI is InChI=1S/C18H15F2NO3S/c1-10-8-13(4-6-14(10)19)18-17(11(2)24-21-18)12-5-7-16(15(20)9-12)25(3,22)23/h4-9H,1-3H3. The number of sulfone groups is 1. The van der Waals surface area contributed by atoms with Crippen LogP contribution in [0.2, 0.25) is 0 Å². The van der Waals surface area contributed by atoms with E-state index in [1.807, 2.05) is 0 Å². The SMILES string of the molecule is Cc1cc(-c2noc(C)c2-c2ccc(S(C)(=O)=O)c(F)c2)ccc1F. The average molecular weight is 363 g/mol. The van der Waals surface area contributed by atoms with Gasteiger partial charge >= 0.3 is 0 Å². The Morgan fingerprint density at radius 3 is 2.24 bits per heavy atom. The Morgan fingerprint density at radius 1 is 0.960 bits per heavy atom. The first-order valence-corrected chi connectivity index (χ1v) is 9.30. The van der Waals surface area contributed by atoms with Gasteiger partial charge in [-0.2, -0.15) is 0 Å². The van der Waals surface area contributed by atoms with Crippen molar-refractivity contribution >= 4 is 9.84 Å². The van der Waals surface area contributed by atoms with Gasteiger partial charge in [-0.3, -0.25) is 0 Å². The van der Waals surface area contributed by atoms with Gasteiger partial charge in [-0.1, -0.05) is 11.2 Å². The molecule has 0 aliphatic carbocycles. The maximum atomic E-state index is 14.2. The number of nitrogens with zero attached hydrogens (tertiary/aromatic N) is 1. The van der Waals surface area contributed by atoms with Gasteiger partial charge in [0.1, 0.15) is 28.0 Å². The molecule has 0 fully saturated rings. The molecule has 7 heteroatoms. The molecule has 0 unspecified atom stereocenters. The van der Waals surface area contributed by atoms with Gasteiger partial charge in [0.2, 0.25) is 0 Å². The summed E-state index contributed by atoms with van der Waals surface area (Å²) in [6, 6.07) is 8.36. The van der Waals surface area contributed by atoms with Crippen LogP contribution in [0.25, 0.3) is 22.4 Å². The smallest absolute Gasteiger partial charge is 0.178 e. The van der Waals surface area contributed by atoms with Crippen LogP contribution in [0, 0.1) is 25.5 Å². The molecule has 4 nitrogen and oxygen atoms in total. The third-order valence-electron chi connectivity index (χ3n) is 3.91. The summed E-state index contributed by atoms with van der Waals surface area (Å²) in [7, 11) is -3.66. The number of hydrogen-bond acceptors (Lipinski definition) is 4. The lowest BCUT2D eigenvalue weighted by atomic mass is 9.98. The Morgan fingerprint density at radius 2 is 1.64 bits per heavy atom. The third kappa shape index (κ3) is 3.19. The van der Waals surface area contributed by atoms with Crippen LogP contribution in [-0.2, 0) is 9.84 Å². The highest BCUT2D eigenvalue weighted by Gasteiger charge is 2.20. The molecule has 0 bridgehead atoms. The van der Waals surface area contributed by atoms with Gasteiger partial charge in [0.15, 0.2) is 9.84 Å². The molecule has 130 valence electrons. The Balaban J connectivity index is 2.17. The maximum absolute atomic E-state index is 14.2. The highest BCUT2D eigenvalue weighted by Crippen LogP contribution is 2.35. The van der Waals surface area contributed by atoms with Crippen LogP contribution in [0.5, 0.6) is 0 Å². The molecule has 25 heavy (non-hydrogen) atoms. The zero-order valence-corrected chi connectivity index (χ0v) is 14.6. The summed E-state index contributed by atoms with van der Waals surface area (Å²) in [5, 5.41) is 4.00. The van der Waals surface area contributed by atoms with Crippen LogP contribution in [-0.4, -0.2) is 19.8 Å². The average Bonchev–Trinajstić information content (AvgIpc) is 2.90. The molecule has 1 aromatic heterocycles. The largest absolute Gasteiger partial charge is 0.360 e. The van der Waals surface area contributed by atoms with Gasteiger partial charge in [-0.25, -0.2) is 17.2 Å². The summed E-state index contributed by atoms with van der Waals surface area (Å²) in [5.74, 6) is -0.737. The quantitative estimate of drug-likeness (QED) is 0.696. The Labute approximate surface area is 144 Å². The summed E-state index contributed by atoms with van der Waals surface area (Å²) in [6.07, 6.45) is 0.947. The van der Waals surface area contributed by atoms with E-state index in [1.165, 1.54) is 18.2 Å². The molecule has 3 rings (SSSR count). The minimum absolute atomic E-state index is 0.339. The van der Waals surface area contributed by atoms with Gasteiger partial charge in [0, 0.05) is 11.8 Å². The summed E-state index contributed by atoms with van der Waals surface area (Å²) >= 11 is 0. The topological polar surface area (TPSA) is 60.2 Å². The molecule has 0 saturated heterocycles. The van der Waals surface area contributed by atoms with Crippen molar-refractivity contribution in [3.8, 4) is 22.4 Å². The first-order valence-electron chi connectivity index (χ1n) is 7.41. The summed E-state index contributed by atoms with van der Waals surface area (Å²) in [4.78, 5) is -0.371. The third-order valence-corrected chi connectivity index (χ3v) is 5.04. The predicted molar refractivity (Wildman–Crippen MR) is 89.9 cm³/mol. The van der Waals surface area contributed by atoms with E-state index in [1.54, 1.807) is 26.0 Å². The lowest BCUT2D eigenvalue weighted by Crippen LogP contribution is -2.00. The first kappa shape index (κ1) is 17.3. The highest BCUT2D eigenvalue weighted by atomic mass is 32.2. The summed E-state index contributed by atoms with van der Waals surface area (Å²) in [5.41, 5.74) is 2.47. The van der Waals surface area contributed by atoms with Crippen LogP contribution in [0.15, 0.2) is 45.8 Å². The molecule has 3 aromatic rings. The summed E-state index contributed by atoms with van der Waals surface area (Å²) in [6.45, 7) is 3.30. The fourth-order valence-electron chi connectivity index (χ4n) is 2.66. The van der Waals surface area contributed by atoms with Crippen molar-refractivity contribution in [2.75, 3.05) is 6.26 Å². The van der Waals surface area contributed by atoms with E-state index in [9.17, 15) is 17.2 Å². The van der Waals surface area contributed by atoms with Crippen molar-refractivity contribution in [1.29, 1.82) is 0 Å². The van der Waals surface area contributed by atoms with Crippen LogP contribution < -0.4 is 0 Å². The second-order valence-corrected chi connectivity index (χ2v) is 7.83. The highest BCUT2D eigenvalue weighted by molar-refractivity contribution is 7.90. The van der Waals surface area contributed by atoms with E-state index in [0.717, 1.165) is 12.3 Å². The van der Waals surface area contributed by atoms with Crippen molar-refractivity contribution < 1.29 is 21.7 Å². The molecule has 0 N–H and O–H groups in total. The first-order chi connectivity index (χ1) is 11.7. The summed E-state index contributed by atoms with van der Waals surface area (Å²) < 4.78 is 56.1. The van der Waals surface area contributed by atoms with Gasteiger partial charge in [-0.15, -0.1) is 0 Å². The molecular formula is C18H15F2NO3S. The number of aromatic nitrogens is 1. The number of rotatable bonds is 3. The molecule has 0 atom stereocenters. The van der Waals surface area contributed by atoms with E-state index in [2.05, 4.69) is 5.16 Å². The van der Waals surface area contributed by atoms with E-state index in [0.29, 0.717) is 33.7 Å². The van der Waals surface area contributed by atoms with Crippen LogP contribution >= 0.6 is 0 Å². The van der Waals surface area contributed by atoms with Crippen molar-refractivity contribution in [2.24, 2.45) is 0 Å². The molecule has 0 saturated carbocycles. The van der Waals surface area contributed by atoms with Crippen molar-refractivity contribution in [1.82, 2.24) is 5.16 Å². The van der Waals surface area contributed by atoms with Crippen molar-refractivity contribution in [3.63, 3.8) is 0 Å². The second kappa shape index (κ2) is 6.07. The Kier molecular flexibility index (Phi) is 4.20. The number of halogens is 2. The maximum Gasteiger partial charge on any atom is 0.178 e. The minimum Gasteiger partial charge on any atom is -0.360 e. The molecule has 0 amide bonds. The molecule has 0 aliphatic heterocycles. The van der Waals surface area contributed by atoms with Crippen molar-refractivity contribution in [3.05, 3.63) is 59.4 Å². The number of benzene rings is 2. The minimum atomic E-state index is -3.66. The molecule has 0 spiro atoms. The molecule has 1 heterocycles. The Hall–Kier alpha value is -2.54. The second-order valence-electron chi connectivity index (χ2n) is 5.84. The monoisotopic (exact) mass is 363 g/mol. The van der Waals surface area contributed by atoms with Crippen LogP contribution in [0.3, 0.4) is 0 Å². The van der Waals surface area contributed by atoms with Gasteiger partial charge in [0.25, 0.3) is 0 Å². The zero-order chi connectivity index (χ0) is 18.4. The number of aryl methyl sites for hydroxylation is 2. The van der Waals surface area contributed by atoms with Gasteiger partial charge in [0.05, 0.1) is 5.56 Å². The number of hydrogen-bond donors (Lipinski definition) is 0. The van der Waals surface area contributed by atoms with Crippen LogP contribution in [0.1, 0.15) is 11.3 Å². The van der Waals surface area contributed by atoms with E-state index in [4.69, 9.17) is 4.52 Å². The van der Waals surface area contributed by atoms with Crippen LogP contribution in [0.4, 0.5) is 8.78 Å². The lowest BCUT2D eigenvalue weighted by molar-refractivity contribution is 0.400. The molecular weight excluding hydrogens is 348 g/mol. The van der Waals surface area contributed by atoms with E-state index >= 15 is 0 Å². The predicted octanol–water partition coefficient (Wildman–Crippen LogP) is 4.31. The molecule has 0 radical (unpaired) electrons. The van der Waals surface area contributed by atoms with Crippen molar-refractivity contribution in [2.45, 2.75) is 18.7 Å². The van der Waals surface area contributed by atoms with Gasteiger partial charge in [-0.05, 0) is 55.3 Å². The molecule has 0 aliphatic rings. The Bertz CT molecular complexity index is 1070. The fraction of sp³-hybridized carbons (Fsp3) is 0.167. The van der Waals surface area contributed by atoms with Gasteiger partial charge < -0.3 is 4.52 Å². The molecule has 2 aromatic carbocycles. The normalized spacial score (nSPS) is 11.7. The fourth-order valence-corrected chi connectivity index (χ4v) is 3.39.